The highest BCUT2D eigenvalue weighted by Crippen LogP contribution is 2.56. The van der Waals surface area contributed by atoms with Crippen LogP contribution in [0, 0.1) is 5.41 Å². The van der Waals surface area contributed by atoms with E-state index in [1.807, 2.05) is 0 Å². The third-order valence-corrected chi connectivity index (χ3v) is 4.73. The van der Waals surface area contributed by atoms with Gasteiger partial charge in [-0.05, 0) is 39.0 Å². The zero-order valence-corrected chi connectivity index (χ0v) is 10.3. The van der Waals surface area contributed by atoms with E-state index >= 15 is 0 Å². The summed E-state index contributed by atoms with van der Waals surface area (Å²) in [5, 5.41) is 0. The van der Waals surface area contributed by atoms with E-state index in [0.717, 1.165) is 6.42 Å². The lowest BCUT2D eigenvalue weighted by molar-refractivity contribution is -0.175. The number of carbonyl (C=O) groups excluding carboxylic acids is 1. The molecule has 0 N–H and O–H groups in total. The Labute approximate surface area is 98.1 Å². The fraction of sp³-hybridized carbons (Fsp3) is 0.786. The van der Waals surface area contributed by atoms with Crippen molar-refractivity contribution in [2.24, 2.45) is 5.41 Å². The van der Waals surface area contributed by atoms with Crippen molar-refractivity contribution in [3.63, 3.8) is 0 Å². The summed E-state index contributed by atoms with van der Waals surface area (Å²) >= 11 is 0. The molecule has 90 valence electrons. The maximum Gasteiger partial charge on any atom is 0.330 e. The second-order valence-electron chi connectivity index (χ2n) is 5.55. The van der Waals surface area contributed by atoms with E-state index in [4.69, 9.17) is 4.74 Å². The fourth-order valence-corrected chi connectivity index (χ4v) is 3.71. The first-order valence-electron chi connectivity index (χ1n) is 6.47. The van der Waals surface area contributed by atoms with Crippen LogP contribution >= 0.6 is 0 Å². The van der Waals surface area contributed by atoms with Crippen LogP contribution in [0.2, 0.25) is 0 Å². The van der Waals surface area contributed by atoms with Crippen molar-refractivity contribution in [2.45, 2.75) is 63.9 Å². The van der Waals surface area contributed by atoms with Gasteiger partial charge in [0.1, 0.15) is 5.60 Å². The zero-order chi connectivity index (χ0) is 11.6. The summed E-state index contributed by atoms with van der Waals surface area (Å²) in [6, 6.07) is 0. The first kappa shape index (κ1) is 11.7. The molecule has 0 amide bonds. The molecule has 2 saturated carbocycles. The maximum atomic E-state index is 11.5. The average Bonchev–Trinajstić information content (AvgIpc) is 2.73. The van der Waals surface area contributed by atoms with E-state index in [0.29, 0.717) is 0 Å². The van der Waals surface area contributed by atoms with Gasteiger partial charge >= 0.3 is 5.97 Å². The fourth-order valence-electron chi connectivity index (χ4n) is 3.71. The Bertz CT molecular complexity index is 289. The number of hydrogen-bond donors (Lipinski definition) is 0. The van der Waals surface area contributed by atoms with Gasteiger partial charge < -0.3 is 4.74 Å². The maximum absolute atomic E-state index is 11.5. The first-order valence-corrected chi connectivity index (χ1v) is 6.47. The normalized spacial score (nSPS) is 32.6. The van der Waals surface area contributed by atoms with Crippen LogP contribution in [0.1, 0.15) is 58.3 Å². The minimum absolute atomic E-state index is 0.243. The molecular formula is C14H22O2. The molecule has 2 nitrogen and oxygen atoms in total. The lowest BCUT2D eigenvalue weighted by atomic mass is 9.62. The summed E-state index contributed by atoms with van der Waals surface area (Å²) in [6.45, 7) is 5.64. The summed E-state index contributed by atoms with van der Waals surface area (Å²) < 4.78 is 5.71. The molecule has 0 radical (unpaired) electrons. The highest BCUT2D eigenvalue weighted by atomic mass is 16.6. The molecule has 0 aliphatic heterocycles. The van der Waals surface area contributed by atoms with Crippen molar-refractivity contribution in [1.82, 2.24) is 0 Å². The van der Waals surface area contributed by atoms with E-state index in [1.54, 1.807) is 0 Å². The summed E-state index contributed by atoms with van der Waals surface area (Å²) in [7, 11) is 0. The SMILES string of the molecule is C=CC(=O)OC1(C)CCCCC12CCCC2. The third kappa shape index (κ3) is 1.79. The van der Waals surface area contributed by atoms with E-state index in [2.05, 4.69) is 13.5 Å². The minimum atomic E-state index is -0.254. The van der Waals surface area contributed by atoms with E-state index in [-0.39, 0.29) is 17.0 Å². The molecule has 1 spiro atoms. The summed E-state index contributed by atoms with van der Waals surface area (Å²) in [5.41, 5.74) is 0.0247. The average molecular weight is 222 g/mol. The Hall–Kier alpha value is -0.790. The number of esters is 1. The molecule has 0 heterocycles. The van der Waals surface area contributed by atoms with Crippen LogP contribution in [-0.4, -0.2) is 11.6 Å². The monoisotopic (exact) mass is 222 g/mol. The molecular weight excluding hydrogens is 200 g/mol. The van der Waals surface area contributed by atoms with Crippen molar-refractivity contribution in [3.8, 4) is 0 Å². The van der Waals surface area contributed by atoms with Gasteiger partial charge in [0.05, 0.1) is 0 Å². The molecule has 16 heavy (non-hydrogen) atoms. The van der Waals surface area contributed by atoms with Gasteiger partial charge in [-0.15, -0.1) is 0 Å². The summed E-state index contributed by atoms with van der Waals surface area (Å²) in [5.74, 6) is -0.254. The number of ether oxygens (including phenoxy) is 1. The van der Waals surface area contributed by atoms with Crippen LogP contribution in [0.3, 0.4) is 0 Å². The van der Waals surface area contributed by atoms with Gasteiger partial charge in [-0.3, -0.25) is 0 Å². The van der Waals surface area contributed by atoms with Crippen LogP contribution < -0.4 is 0 Å². The quantitative estimate of drug-likeness (QED) is 0.527. The van der Waals surface area contributed by atoms with E-state index in [9.17, 15) is 4.79 Å². The molecule has 0 bridgehead atoms. The topological polar surface area (TPSA) is 26.3 Å². The van der Waals surface area contributed by atoms with Gasteiger partial charge in [-0.2, -0.15) is 0 Å². The van der Waals surface area contributed by atoms with E-state index < -0.39 is 0 Å². The Morgan fingerprint density at radius 1 is 1.12 bits per heavy atom. The molecule has 2 aliphatic rings. The van der Waals surface area contributed by atoms with Gasteiger partial charge in [-0.25, -0.2) is 4.79 Å². The molecule has 0 saturated heterocycles. The number of rotatable bonds is 2. The molecule has 0 aromatic rings. The molecule has 2 aliphatic carbocycles. The molecule has 2 fully saturated rings. The predicted molar refractivity (Wildman–Crippen MR) is 64.1 cm³/mol. The minimum Gasteiger partial charge on any atom is -0.456 e. The van der Waals surface area contributed by atoms with Crippen LogP contribution in [0.4, 0.5) is 0 Å². The second kappa shape index (κ2) is 4.23. The van der Waals surface area contributed by atoms with Crippen molar-refractivity contribution >= 4 is 5.97 Å². The number of carbonyl (C=O) groups is 1. The predicted octanol–water partition coefficient (Wildman–Crippen LogP) is 3.61. The lowest BCUT2D eigenvalue weighted by Crippen LogP contribution is -2.49. The second-order valence-corrected chi connectivity index (χ2v) is 5.55. The lowest BCUT2D eigenvalue weighted by Gasteiger charge is -2.49. The van der Waals surface area contributed by atoms with Crippen molar-refractivity contribution < 1.29 is 9.53 Å². The van der Waals surface area contributed by atoms with Crippen LogP contribution in [0.25, 0.3) is 0 Å². The largest absolute Gasteiger partial charge is 0.456 e. The van der Waals surface area contributed by atoms with Gasteiger partial charge in [0.25, 0.3) is 0 Å². The Morgan fingerprint density at radius 2 is 1.62 bits per heavy atom. The van der Waals surface area contributed by atoms with Crippen molar-refractivity contribution in [3.05, 3.63) is 12.7 Å². The summed E-state index contributed by atoms with van der Waals surface area (Å²) in [6.07, 6.45) is 11.1. The highest BCUT2D eigenvalue weighted by Gasteiger charge is 2.53. The molecule has 1 atom stereocenters. The van der Waals surface area contributed by atoms with Crippen molar-refractivity contribution in [2.75, 3.05) is 0 Å². The standard InChI is InChI=1S/C14H22O2/c1-3-12(15)16-13(2)8-4-5-9-14(13)10-6-7-11-14/h3H,1,4-11H2,2H3. The zero-order valence-electron chi connectivity index (χ0n) is 10.3. The molecule has 1 unspecified atom stereocenters. The first-order chi connectivity index (χ1) is 7.62. The Kier molecular flexibility index (Phi) is 3.09. The summed E-state index contributed by atoms with van der Waals surface area (Å²) in [4.78, 5) is 11.5. The highest BCUT2D eigenvalue weighted by molar-refractivity contribution is 5.81. The molecule has 2 rings (SSSR count). The Morgan fingerprint density at radius 3 is 2.12 bits per heavy atom. The van der Waals surface area contributed by atoms with Crippen molar-refractivity contribution in [1.29, 1.82) is 0 Å². The van der Waals surface area contributed by atoms with Crippen LogP contribution in [-0.2, 0) is 9.53 Å². The smallest absolute Gasteiger partial charge is 0.330 e. The van der Waals surface area contributed by atoms with Gasteiger partial charge in [0, 0.05) is 11.5 Å². The van der Waals surface area contributed by atoms with Gasteiger partial charge in [0.15, 0.2) is 0 Å². The van der Waals surface area contributed by atoms with Gasteiger partial charge in [0.2, 0.25) is 0 Å². The Balaban J connectivity index is 2.20. The molecule has 2 heteroatoms. The van der Waals surface area contributed by atoms with E-state index in [1.165, 1.54) is 51.0 Å². The molecule has 0 aromatic carbocycles. The van der Waals surface area contributed by atoms with Gasteiger partial charge in [-0.1, -0.05) is 25.8 Å². The van der Waals surface area contributed by atoms with Crippen LogP contribution in [0.15, 0.2) is 12.7 Å². The number of hydrogen-bond acceptors (Lipinski definition) is 2. The third-order valence-electron chi connectivity index (χ3n) is 4.73. The molecule has 0 aromatic heterocycles. The van der Waals surface area contributed by atoms with Crippen LogP contribution in [0.5, 0.6) is 0 Å².